The maximum Gasteiger partial charge on any atom is 0.122 e. The second-order valence-electron chi connectivity index (χ2n) is 9.00. The molecule has 0 aromatic heterocycles. The summed E-state index contributed by atoms with van der Waals surface area (Å²) < 4.78 is 0. The molecule has 2 rings (SSSR count). The first kappa shape index (κ1) is 20.8. The van der Waals surface area contributed by atoms with Gasteiger partial charge in [-0.15, -0.1) is 0 Å². The molecule has 0 spiro atoms. The number of allylic oxidation sites excluding steroid dienone is 2. The molecule has 144 valence electrons. The minimum atomic E-state index is -0.412. The van der Waals surface area contributed by atoms with Crippen molar-refractivity contribution in [2.24, 2.45) is 17.8 Å². The zero-order valence-electron chi connectivity index (χ0n) is 17.7. The molecule has 1 aliphatic carbocycles. The van der Waals surface area contributed by atoms with E-state index in [4.69, 9.17) is 0 Å². The minimum Gasteiger partial charge on any atom is -0.507 e. The highest BCUT2D eigenvalue weighted by molar-refractivity contribution is 5.78. The van der Waals surface area contributed by atoms with E-state index in [1.165, 1.54) is 5.57 Å². The Kier molecular flexibility index (Phi) is 6.39. The molecule has 1 aliphatic rings. The summed E-state index contributed by atoms with van der Waals surface area (Å²) in [5, 5.41) is 21.5. The van der Waals surface area contributed by atoms with Gasteiger partial charge in [-0.1, -0.05) is 67.5 Å². The van der Waals surface area contributed by atoms with E-state index in [2.05, 4.69) is 79.7 Å². The fourth-order valence-corrected chi connectivity index (χ4v) is 3.81. The summed E-state index contributed by atoms with van der Waals surface area (Å²) in [6, 6.07) is 4.25. The lowest BCUT2D eigenvalue weighted by molar-refractivity contribution is 0.130. The number of aliphatic hydroxyl groups is 1. The van der Waals surface area contributed by atoms with E-state index in [9.17, 15) is 10.2 Å². The van der Waals surface area contributed by atoms with Crippen molar-refractivity contribution in [2.75, 3.05) is 0 Å². The van der Waals surface area contributed by atoms with E-state index >= 15 is 0 Å². The second kappa shape index (κ2) is 8.00. The minimum absolute atomic E-state index is 0.117. The molecule has 0 heterocycles. The van der Waals surface area contributed by atoms with E-state index in [0.29, 0.717) is 17.6 Å². The first-order chi connectivity index (χ1) is 12.0. The Morgan fingerprint density at radius 3 is 1.69 bits per heavy atom. The first-order valence-corrected chi connectivity index (χ1v) is 10.0. The van der Waals surface area contributed by atoms with Crippen molar-refractivity contribution in [3.8, 4) is 5.75 Å². The van der Waals surface area contributed by atoms with Crippen LogP contribution in [0.3, 0.4) is 0 Å². The number of hydrogen-bond acceptors (Lipinski definition) is 2. The van der Waals surface area contributed by atoms with E-state index in [1.54, 1.807) is 0 Å². The monoisotopic (exact) mass is 356 g/mol. The molecule has 0 amide bonds. The van der Waals surface area contributed by atoms with Crippen LogP contribution >= 0.6 is 0 Å². The summed E-state index contributed by atoms with van der Waals surface area (Å²) in [4.78, 5) is 0. The molecule has 2 nitrogen and oxygen atoms in total. The Labute approximate surface area is 159 Å². The Bertz CT molecular complexity index is 676. The van der Waals surface area contributed by atoms with Crippen LogP contribution in [0.1, 0.15) is 83.9 Å². The quantitative estimate of drug-likeness (QED) is 0.654. The van der Waals surface area contributed by atoms with Gasteiger partial charge in [0.05, 0.1) is 6.10 Å². The zero-order chi connectivity index (χ0) is 19.8. The van der Waals surface area contributed by atoms with Crippen LogP contribution in [0.2, 0.25) is 0 Å². The molecule has 0 fully saturated rings. The molecule has 1 aromatic carbocycles. The highest BCUT2D eigenvalue weighted by Crippen LogP contribution is 2.40. The Hall–Kier alpha value is -1.54. The summed E-state index contributed by atoms with van der Waals surface area (Å²) in [5.41, 5.74) is 5.41. The number of rotatable bonds is 5. The summed E-state index contributed by atoms with van der Waals surface area (Å²) in [7, 11) is 0. The summed E-state index contributed by atoms with van der Waals surface area (Å²) in [6.45, 7) is 17.1. The van der Waals surface area contributed by atoms with Crippen LogP contribution in [0, 0.1) is 17.8 Å². The van der Waals surface area contributed by atoms with Crippen molar-refractivity contribution < 1.29 is 10.2 Å². The molecular weight excluding hydrogens is 320 g/mol. The van der Waals surface area contributed by atoms with Crippen molar-refractivity contribution >= 4 is 5.57 Å². The lowest BCUT2D eigenvalue weighted by Gasteiger charge is -2.32. The Balaban J connectivity index is 2.66. The molecule has 2 heteroatoms. The number of benzene rings is 1. The topological polar surface area (TPSA) is 40.5 Å². The molecule has 2 atom stereocenters. The maximum absolute atomic E-state index is 10.8. The standard InChI is InChI=1S/C24H36O2/c1-13(2)19-9-17(10-20(14(3)4)23(19)25)18-11-21(15(5)6)24(26)22(12-18)16(7)8/h9-16,19,23,25-26H,1-8H3. The lowest BCUT2D eigenvalue weighted by Crippen LogP contribution is -2.30. The van der Waals surface area contributed by atoms with Crippen LogP contribution in [0.25, 0.3) is 5.57 Å². The molecule has 1 aromatic rings. The molecule has 2 unspecified atom stereocenters. The van der Waals surface area contributed by atoms with Crippen LogP contribution in [0.4, 0.5) is 0 Å². The number of aliphatic hydroxyl groups excluding tert-OH is 1. The van der Waals surface area contributed by atoms with E-state index in [-0.39, 0.29) is 17.8 Å². The average Bonchev–Trinajstić information content (AvgIpc) is 2.54. The third-order valence-electron chi connectivity index (χ3n) is 5.58. The largest absolute Gasteiger partial charge is 0.507 e. The SMILES string of the molecule is CC(C)C1=CC(c2cc(C(C)C)c(O)c(C(C)C)c2)=CC(C(C)C)C1O. The van der Waals surface area contributed by atoms with Gasteiger partial charge in [0.2, 0.25) is 0 Å². The van der Waals surface area contributed by atoms with Gasteiger partial charge < -0.3 is 10.2 Å². The van der Waals surface area contributed by atoms with Crippen LogP contribution in [-0.4, -0.2) is 16.3 Å². The normalized spacial score (nSPS) is 21.0. The van der Waals surface area contributed by atoms with Crippen molar-refractivity contribution in [1.29, 1.82) is 0 Å². The Morgan fingerprint density at radius 2 is 1.31 bits per heavy atom. The van der Waals surface area contributed by atoms with Gasteiger partial charge in [-0.25, -0.2) is 0 Å². The van der Waals surface area contributed by atoms with Gasteiger partial charge in [0.15, 0.2) is 0 Å². The Morgan fingerprint density at radius 1 is 0.808 bits per heavy atom. The highest BCUT2D eigenvalue weighted by Gasteiger charge is 2.30. The van der Waals surface area contributed by atoms with E-state index in [0.717, 1.165) is 22.3 Å². The van der Waals surface area contributed by atoms with Crippen molar-refractivity contribution in [1.82, 2.24) is 0 Å². The van der Waals surface area contributed by atoms with Crippen molar-refractivity contribution in [3.05, 3.63) is 46.5 Å². The highest BCUT2D eigenvalue weighted by atomic mass is 16.3. The predicted octanol–water partition coefficient (Wildman–Crippen LogP) is 6.25. The van der Waals surface area contributed by atoms with E-state index in [1.807, 2.05) is 0 Å². The predicted molar refractivity (Wildman–Crippen MR) is 112 cm³/mol. The average molecular weight is 357 g/mol. The van der Waals surface area contributed by atoms with Crippen molar-refractivity contribution in [2.45, 2.75) is 73.3 Å². The molecule has 0 radical (unpaired) electrons. The van der Waals surface area contributed by atoms with Gasteiger partial charge in [-0.05, 0) is 63.6 Å². The maximum atomic E-state index is 10.8. The van der Waals surface area contributed by atoms with E-state index < -0.39 is 6.10 Å². The fourth-order valence-electron chi connectivity index (χ4n) is 3.81. The number of phenolic OH excluding ortho intramolecular Hbond substituents is 1. The summed E-state index contributed by atoms with van der Waals surface area (Å²) >= 11 is 0. The van der Waals surface area contributed by atoms with Gasteiger partial charge in [-0.2, -0.15) is 0 Å². The second-order valence-corrected chi connectivity index (χ2v) is 9.00. The number of aromatic hydroxyl groups is 1. The molecule has 0 aliphatic heterocycles. The number of phenols is 1. The molecule has 26 heavy (non-hydrogen) atoms. The fraction of sp³-hybridized carbons (Fsp3) is 0.583. The molecular formula is C24H36O2. The zero-order valence-corrected chi connectivity index (χ0v) is 17.7. The molecule has 0 saturated heterocycles. The smallest absolute Gasteiger partial charge is 0.122 e. The van der Waals surface area contributed by atoms with Crippen LogP contribution < -0.4 is 0 Å². The molecule has 0 bridgehead atoms. The number of hydrogen-bond donors (Lipinski definition) is 2. The van der Waals surface area contributed by atoms with Crippen LogP contribution in [0.15, 0.2) is 29.9 Å². The summed E-state index contributed by atoms with van der Waals surface area (Å²) in [5.74, 6) is 1.75. The third-order valence-corrected chi connectivity index (χ3v) is 5.58. The van der Waals surface area contributed by atoms with Crippen LogP contribution in [0.5, 0.6) is 5.75 Å². The van der Waals surface area contributed by atoms with Crippen molar-refractivity contribution in [3.63, 3.8) is 0 Å². The summed E-state index contributed by atoms with van der Waals surface area (Å²) in [6.07, 6.45) is 3.97. The first-order valence-electron chi connectivity index (χ1n) is 10.0. The van der Waals surface area contributed by atoms with Crippen LogP contribution in [-0.2, 0) is 0 Å². The lowest BCUT2D eigenvalue weighted by atomic mass is 9.76. The third kappa shape index (κ3) is 4.06. The van der Waals surface area contributed by atoms with Gasteiger partial charge in [-0.3, -0.25) is 0 Å². The molecule has 2 N–H and O–H groups in total. The van der Waals surface area contributed by atoms with Gasteiger partial charge in [0.25, 0.3) is 0 Å². The van der Waals surface area contributed by atoms with Gasteiger partial charge in [0, 0.05) is 5.92 Å². The van der Waals surface area contributed by atoms with Gasteiger partial charge >= 0.3 is 0 Å². The molecule has 0 saturated carbocycles. The van der Waals surface area contributed by atoms with Gasteiger partial charge in [0.1, 0.15) is 5.75 Å².